The zero-order chi connectivity index (χ0) is 15.5. The molecule has 0 saturated heterocycles. The van der Waals surface area contributed by atoms with Crippen LogP contribution in [-0.2, 0) is 7.05 Å². The van der Waals surface area contributed by atoms with Crippen molar-refractivity contribution in [1.82, 2.24) is 4.57 Å². The average Bonchev–Trinajstić information content (AvgIpc) is 2.81. The van der Waals surface area contributed by atoms with Gasteiger partial charge < -0.3 is 4.57 Å². The fraction of sp³-hybridized carbons (Fsp3) is 0.450. The summed E-state index contributed by atoms with van der Waals surface area (Å²) in [6.45, 7) is 4.27. The van der Waals surface area contributed by atoms with E-state index in [0.717, 1.165) is 11.6 Å². The minimum absolute atomic E-state index is 0.769. The molecule has 2 nitrogen and oxygen atoms in total. The smallest absolute Gasteiger partial charge is 0.0630 e. The minimum Gasteiger partial charge on any atom is -0.352 e. The standard InChI is InChI=1S/C20H26N2/c1-15-13-19(16(2)22(15)3)14-21-20-11-9-18(10-12-20)17-7-5-4-6-8-17/h9-14,17H,4-8H2,1-3H3. The lowest BCUT2D eigenvalue weighted by atomic mass is 9.84. The number of hydrogen-bond acceptors (Lipinski definition) is 1. The monoisotopic (exact) mass is 294 g/mol. The van der Waals surface area contributed by atoms with E-state index in [2.05, 4.69) is 60.8 Å². The molecule has 2 aromatic rings. The molecule has 0 aliphatic heterocycles. The van der Waals surface area contributed by atoms with Crippen molar-refractivity contribution in [1.29, 1.82) is 0 Å². The van der Waals surface area contributed by atoms with Crippen molar-refractivity contribution in [3.63, 3.8) is 0 Å². The van der Waals surface area contributed by atoms with Gasteiger partial charge in [0.1, 0.15) is 0 Å². The SMILES string of the molecule is Cc1cc(C=Nc2ccc(C3CCCCC3)cc2)c(C)n1C. The van der Waals surface area contributed by atoms with Gasteiger partial charge in [-0.1, -0.05) is 31.4 Å². The Balaban J connectivity index is 1.72. The molecule has 0 unspecified atom stereocenters. The van der Waals surface area contributed by atoms with Gasteiger partial charge in [0.15, 0.2) is 0 Å². The van der Waals surface area contributed by atoms with E-state index >= 15 is 0 Å². The van der Waals surface area contributed by atoms with Crippen LogP contribution in [0.2, 0.25) is 0 Å². The van der Waals surface area contributed by atoms with Crippen molar-refractivity contribution in [2.75, 3.05) is 0 Å². The maximum absolute atomic E-state index is 4.64. The highest BCUT2D eigenvalue weighted by atomic mass is 14.9. The molecule has 22 heavy (non-hydrogen) atoms. The summed E-state index contributed by atoms with van der Waals surface area (Å²) in [6.07, 6.45) is 8.87. The van der Waals surface area contributed by atoms with Crippen LogP contribution in [0.5, 0.6) is 0 Å². The number of hydrogen-bond donors (Lipinski definition) is 0. The molecule has 1 aromatic heterocycles. The summed E-state index contributed by atoms with van der Waals surface area (Å²) in [7, 11) is 2.10. The van der Waals surface area contributed by atoms with Crippen LogP contribution in [0, 0.1) is 13.8 Å². The lowest BCUT2D eigenvalue weighted by Crippen LogP contribution is -2.03. The molecule has 1 aliphatic rings. The number of aliphatic imine (C=N–C) groups is 1. The van der Waals surface area contributed by atoms with E-state index in [4.69, 9.17) is 0 Å². The third-order valence-electron chi connectivity index (χ3n) is 5.14. The molecule has 1 fully saturated rings. The van der Waals surface area contributed by atoms with Gasteiger partial charge in [0, 0.05) is 30.2 Å². The lowest BCUT2D eigenvalue weighted by molar-refractivity contribution is 0.443. The second-order valence-corrected chi connectivity index (χ2v) is 6.57. The maximum Gasteiger partial charge on any atom is 0.0630 e. The highest BCUT2D eigenvalue weighted by Crippen LogP contribution is 2.33. The van der Waals surface area contributed by atoms with Gasteiger partial charge in [0.05, 0.1) is 5.69 Å². The van der Waals surface area contributed by atoms with E-state index in [1.165, 1.54) is 54.6 Å². The molecule has 0 spiro atoms. The zero-order valence-electron chi connectivity index (χ0n) is 14.0. The molecule has 0 bridgehead atoms. The Morgan fingerprint density at radius 2 is 1.73 bits per heavy atom. The summed E-state index contributed by atoms with van der Waals surface area (Å²) in [5.74, 6) is 0.769. The van der Waals surface area contributed by atoms with E-state index in [1.807, 2.05) is 6.21 Å². The number of nitrogens with zero attached hydrogens (tertiary/aromatic N) is 2. The largest absolute Gasteiger partial charge is 0.352 e. The third-order valence-corrected chi connectivity index (χ3v) is 5.14. The van der Waals surface area contributed by atoms with Crippen LogP contribution in [0.3, 0.4) is 0 Å². The number of benzene rings is 1. The molecule has 3 rings (SSSR count). The molecule has 1 aliphatic carbocycles. The second-order valence-electron chi connectivity index (χ2n) is 6.57. The molecule has 1 heterocycles. The average molecular weight is 294 g/mol. The summed E-state index contributed by atoms with van der Waals surface area (Å²) in [4.78, 5) is 4.64. The van der Waals surface area contributed by atoms with Crippen molar-refractivity contribution >= 4 is 11.9 Å². The molecule has 0 amide bonds. The van der Waals surface area contributed by atoms with Crippen LogP contribution in [0.15, 0.2) is 35.3 Å². The Kier molecular flexibility index (Phi) is 4.47. The van der Waals surface area contributed by atoms with E-state index < -0.39 is 0 Å². The van der Waals surface area contributed by atoms with Crippen LogP contribution in [-0.4, -0.2) is 10.8 Å². The molecule has 1 aromatic carbocycles. The Labute approximate surface area is 133 Å². The van der Waals surface area contributed by atoms with Crippen molar-refractivity contribution in [3.05, 3.63) is 52.8 Å². The third kappa shape index (κ3) is 3.16. The van der Waals surface area contributed by atoms with E-state index in [1.54, 1.807) is 0 Å². The summed E-state index contributed by atoms with van der Waals surface area (Å²) in [5, 5.41) is 0. The first-order chi connectivity index (χ1) is 10.6. The highest BCUT2D eigenvalue weighted by molar-refractivity contribution is 5.83. The Hall–Kier alpha value is -1.83. The zero-order valence-corrected chi connectivity index (χ0v) is 14.0. The maximum atomic E-state index is 4.64. The Morgan fingerprint density at radius 3 is 2.32 bits per heavy atom. The Morgan fingerprint density at radius 1 is 1.05 bits per heavy atom. The predicted octanol–water partition coefficient (Wildman–Crippen LogP) is 5.44. The number of aryl methyl sites for hydroxylation is 1. The fourth-order valence-corrected chi connectivity index (χ4v) is 3.43. The molecule has 0 N–H and O–H groups in total. The molecule has 116 valence electrons. The summed E-state index contributed by atoms with van der Waals surface area (Å²) < 4.78 is 2.20. The Bertz CT molecular complexity index is 656. The first-order valence-electron chi connectivity index (χ1n) is 8.42. The van der Waals surface area contributed by atoms with E-state index in [0.29, 0.717) is 0 Å². The highest BCUT2D eigenvalue weighted by Gasteiger charge is 2.14. The topological polar surface area (TPSA) is 17.3 Å². The van der Waals surface area contributed by atoms with Gasteiger partial charge >= 0.3 is 0 Å². The summed E-state index contributed by atoms with van der Waals surface area (Å²) >= 11 is 0. The first kappa shape index (κ1) is 15.1. The van der Waals surface area contributed by atoms with Crippen molar-refractivity contribution in [3.8, 4) is 0 Å². The number of aromatic nitrogens is 1. The summed E-state index contributed by atoms with van der Waals surface area (Å²) in [6, 6.07) is 11.0. The van der Waals surface area contributed by atoms with Crippen LogP contribution in [0.4, 0.5) is 5.69 Å². The van der Waals surface area contributed by atoms with Crippen LogP contribution >= 0.6 is 0 Å². The lowest BCUT2D eigenvalue weighted by Gasteiger charge is -2.21. The van der Waals surface area contributed by atoms with E-state index in [-0.39, 0.29) is 0 Å². The van der Waals surface area contributed by atoms with Crippen molar-refractivity contribution in [2.24, 2.45) is 12.0 Å². The van der Waals surface area contributed by atoms with Gasteiger partial charge in [0.2, 0.25) is 0 Å². The van der Waals surface area contributed by atoms with Crippen LogP contribution in [0.25, 0.3) is 0 Å². The minimum atomic E-state index is 0.769. The van der Waals surface area contributed by atoms with Gasteiger partial charge in [-0.3, -0.25) is 4.99 Å². The molecule has 0 radical (unpaired) electrons. The first-order valence-corrected chi connectivity index (χ1v) is 8.42. The van der Waals surface area contributed by atoms with Gasteiger partial charge in [-0.15, -0.1) is 0 Å². The molecule has 0 atom stereocenters. The van der Waals surface area contributed by atoms with E-state index in [9.17, 15) is 0 Å². The number of rotatable bonds is 3. The van der Waals surface area contributed by atoms with Crippen LogP contribution < -0.4 is 0 Å². The molecular weight excluding hydrogens is 268 g/mol. The quantitative estimate of drug-likeness (QED) is 0.671. The van der Waals surface area contributed by atoms with Gasteiger partial charge in [-0.05, 0) is 56.4 Å². The molecule has 1 saturated carbocycles. The second kappa shape index (κ2) is 6.51. The molecular formula is C20H26N2. The van der Waals surface area contributed by atoms with Gasteiger partial charge in [-0.25, -0.2) is 0 Å². The van der Waals surface area contributed by atoms with Crippen LogP contribution in [0.1, 0.15) is 60.5 Å². The van der Waals surface area contributed by atoms with Crippen molar-refractivity contribution < 1.29 is 0 Å². The van der Waals surface area contributed by atoms with Gasteiger partial charge in [-0.2, -0.15) is 0 Å². The summed E-state index contributed by atoms with van der Waals surface area (Å²) in [5.41, 5.74) is 6.27. The molecule has 2 heteroatoms. The normalized spacial score (nSPS) is 16.5. The fourth-order valence-electron chi connectivity index (χ4n) is 3.43. The van der Waals surface area contributed by atoms with Gasteiger partial charge in [0.25, 0.3) is 0 Å². The predicted molar refractivity (Wildman–Crippen MR) is 94.4 cm³/mol. The van der Waals surface area contributed by atoms with Crippen molar-refractivity contribution in [2.45, 2.75) is 51.9 Å².